The van der Waals surface area contributed by atoms with E-state index in [4.69, 9.17) is 21.1 Å². The molecule has 5 rings (SSSR count). The first-order chi connectivity index (χ1) is 20.0. The van der Waals surface area contributed by atoms with Gasteiger partial charge in [-0.3, -0.25) is 15.0 Å². The number of hydrogen-bond donors (Lipinski definition) is 2. The zero-order valence-electron chi connectivity index (χ0n) is 22.9. The second-order valence-corrected chi connectivity index (χ2v) is 11.8. The summed E-state index contributed by atoms with van der Waals surface area (Å²) in [5, 5.41) is 14.0. The summed E-state index contributed by atoms with van der Waals surface area (Å²) in [5.74, 6) is -0.906. The highest BCUT2D eigenvalue weighted by Gasteiger charge is 2.32. The summed E-state index contributed by atoms with van der Waals surface area (Å²) < 4.78 is 52.7. The Hall–Kier alpha value is -3.22. The SMILES string of the molecule is CC1CN(Cc2cc(Cl)cc(C(=O)Nc3nc4c(COCc5ccccc5)cc(C(F)(F)F)cc4s3)c2O)CC(C)O1. The number of anilines is 1. The quantitative estimate of drug-likeness (QED) is 0.216. The van der Waals surface area contributed by atoms with Crippen LogP contribution in [0.15, 0.2) is 54.6 Å². The smallest absolute Gasteiger partial charge is 0.416 e. The lowest BCUT2D eigenvalue weighted by molar-refractivity contribution is -0.137. The minimum absolute atomic E-state index is 0.0170. The number of phenols is 1. The van der Waals surface area contributed by atoms with Crippen LogP contribution in [-0.4, -0.2) is 46.2 Å². The number of benzene rings is 3. The highest BCUT2D eigenvalue weighted by atomic mass is 35.5. The van der Waals surface area contributed by atoms with Crippen molar-refractivity contribution in [2.75, 3.05) is 18.4 Å². The number of carbonyl (C=O) groups is 1. The molecule has 1 aliphatic rings. The van der Waals surface area contributed by atoms with Crippen molar-refractivity contribution in [3.05, 3.63) is 87.4 Å². The predicted molar refractivity (Wildman–Crippen MR) is 156 cm³/mol. The zero-order chi connectivity index (χ0) is 30.0. The number of phenolic OH excluding ortho intramolecular Hbond substituents is 1. The maximum Gasteiger partial charge on any atom is 0.416 e. The lowest BCUT2D eigenvalue weighted by Gasteiger charge is -2.35. The molecular weight excluding hydrogens is 591 g/mol. The van der Waals surface area contributed by atoms with E-state index in [1.165, 1.54) is 6.07 Å². The summed E-state index contributed by atoms with van der Waals surface area (Å²) in [5.41, 5.74) is 1.00. The summed E-state index contributed by atoms with van der Waals surface area (Å²) in [6.07, 6.45) is -4.54. The lowest BCUT2D eigenvalue weighted by Crippen LogP contribution is -2.44. The zero-order valence-corrected chi connectivity index (χ0v) is 24.4. The largest absolute Gasteiger partial charge is 0.507 e. The van der Waals surface area contributed by atoms with Crippen molar-refractivity contribution < 1.29 is 32.5 Å². The summed E-state index contributed by atoms with van der Waals surface area (Å²) in [6.45, 7) is 5.71. The Bertz CT molecular complexity index is 1570. The van der Waals surface area contributed by atoms with Gasteiger partial charge in [-0.2, -0.15) is 13.2 Å². The van der Waals surface area contributed by atoms with Crippen LogP contribution in [0, 0.1) is 0 Å². The first-order valence-electron chi connectivity index (χ1n) is 13.3. The fourth-order valence-corrected chi connectivity index (χ4v) is 6.24. The van der Waals surface area contributed by atoms with E-state index in [0.29, 0.717) is 30.7 Å². The number of thiazole rings is 1. The van der Waals surface area contributed by atoms with Crippen molar-refractivity contribution in [2.24, 2.45) is 0 Å². The van der Waals surface area contributed by atoms with E-state index in [1.807, 2.05) is 44.2 Å². The van der Waals surface area contributed by atoms with Crippen LogP contribution >= 0.6 is 22.9 Å². The third-order valence-corrected chi connectivity index (χ3v) is 7.91. The van der Waals surface area contributed by atoms with Crippen LogP contribution in [0.25, 0.3) is 10.2 Å². The molecule has 1 amide bonds. The highest BCUT2D eigenvalue weighted by molar-refractivity contribution is 7.22. The Morgan fingerprint density at radius 2 is 1.83 bits per heavy atom. The van der Waals surface area contributed by atoms with E-state index in [-0.39, 0.29) is 57.2 Å². The maximum atomic E-state index is 13.7. The molecule has 4 aromatic rings. The molecule has 1 fully saturated rings. The van der Waals surface area contributed by atoms with Gasteiger partial charge in [0.2, 0.25) is 0 Å². The molecule has 0 aliphatic carbocycles. The number of amides is 1. The van der Waals surface area contributed by atoms with E-state index in [0.717, 1.165) is 29.0 Å². The third-order valence-electron chi connectivity index (χ3n) is 6.78. The normalized spacial score (nSPS) is 18.0. The minimum atomic E-state index is -4.57. The van der Waals surface area contributed by atoms with Crippen molar-refractivity contribution >= 4 is 44.2 Å². The van der Waals surface area contributed by atoms with Gasteiger partial charge in [-0.1, -0.05) is 53.3 Å². The van der Waals surface area contributed by atoms with Gasteiger partial charge in [-0.15, -0.1) is 0 Å². The van der Waals surface area contributed by atoms with E-state index in [1.54, 1.807) is 6.07 Å². The highest BCUT2D eigenvalue weighted by Crippen LogP contribution is 2.37. The molecule has 0 bridgehead atoms. The fraction of sp³-hybridized carbons (Fsp3) is 0.333. The Kier molecular flexibility index (Phi) is 9.05. The van der Waals surface area contributed by atoms with Gasteiger partial charge in [0.05, 0.1) is 46.8 Å². The predicted octanol–water partition coefficient (Wildman–Crippen LogP) is 7.25. The van der Waals surface area contributed by atoms with Crippen molar-refractivity contribution in [3.8, 4) is 5.75 Å². The molecule has 7 nitrogen and oxygen atoms in total. The molecule has 222 valence electrons. The maximum absolute atomic E-state index is 13.7. The van der Waals surface area contributed by atoms with Crippen LogP contribution in [0.3, 0.4) is 0 Å². The molecule has 1 saturated heterocycles. The van der Waals surface area contributed by atoms with Crippen molar-refractivity contribution in [3.63, 3.8) is 0 Å². The van der Waals surface area contributed by atoms with Crippen LogP contribution < -0.4 is 5.32 Å². The number of aromatic hydroxyl groups is 1. The lowest BCUT2D eigenvalue weighted by atomic mass is 10.1. The van der Waals surface area contributed by atoms with E-state index >= 15 is 0 Å². The van der Waals surface area contributed by atoms with E-state index < -0.39 is 17.6 Å². The van der Waals surface area contributed by atoms with E-state index in [2.05, 4.69) is 15.2 Å². The molecule has 42 heavy (non-hydrogen) atoms. The fourth-order valence-electron chi connectivity index (χ4n) is 5.05. The molecule has 3 aromatic carbocycles. The molecule has 0 saturated carbocycles. The average Bonchev–Trinajstić information content (AvgIpc) is 3.32. The van der Waals surface area contributed by atoms with Gasteiger partial charge in [-0.25, -0.2) is 4.98 Å². The molecule has 0 spiro atoms. The van der Waals surface area contributed by atoms with Crippen molar-refractivity contribution in [2.45, 2.75) is 52.0 Å². The number of halogens is 4. The van der Waals surface area contributed by atoms with Gasteiger partial charge in [-0.05, 0) is 43.7 Å². The number of nitrogens with zero attached hydrogens (tertiary/aromatic N) is 2. The van der Waals surface area contributed by atoms with Crippen LogP contribution in [0.4, 0.5) is 18.3 Å². The monoisotopic (exact) mass is 619 g/mol. The van der Waals surface area contributed by atoms with Crippen molar-refractivity contribution in [1.29, 1.82) is 0 Å². The van der Waals surface area contributed by atoms with Crippen molar-refractivity contribution in [1.82, 2.24) is 9.88 Å². The number of rotatable bonds is 8. The Morgan fingerprint density at radius 1 is 1.12 bits per heavy atom. The standard InChI is InChI=1S/C30H29ClF3N3O4S/c1-17-12-37(13-18(2)41-17)14-20-9-23(31)11-24(27(20)38)28(39)36-29-35-26-21(16-40-15-19-6-4-3-5-7-19)8-22(30(32,33)34)10-25(26)42-29/h3-11,17-18,38H,12-16H2,1-2H3,(H,35,36,39). The Morgan fingerprint density at radius 3 is 2.52 bits per heavy atom. The summed E-state index contributed by atoms with van der Waals surface area (Å²) in [7, 11) is 0. The van der Waals surface area contributed by atoms with Crippen LogP contribution in [0.2, 0.25) is 5.02 Å². The number of alkyl halides is 3. The minimum Gasteiger partial charge on any atom is -0.507 e. The topological polar surface area (TPSA) is 83.9 Å². The molecule has 2 heterocycles. The van der Waals surface area contributed by atoms with Gasteiger partial charge in [0.25, 0.3) is 5.91 Å². The van der Waals surface area contributed by atoms with Crippen LogP contribution in [-0.2, 0) is 35.4 Å². The molecule has 2 atom stereocenters. The number of aromatic nitrogens is 1. The second kappa shape index (κ2) is 12.6. The molecule has 12 heteroatoms. The van der Waals surface area contributed by atoms with Gasteiger partial charge in [0.1, 0.15) is 5.75 Å². The molecular formula is C30H29ClF3N3O4S. The van der Waals surface area contributed by atoms with Gasteiger partial charge in [0.15, 0.2) is 5.13 Å². The Labute approximate surface area is 249 Å². The number of carbonyl (C=O) groups excluding carboxylic acids is 1. The summed E-state index contributed by atoms with van der Waals surface area (Å²) in [6, 6.07) is 14.2. The Balaban J connectivity index is 1.38. The first-order valence-corrected chi connectivity index (χ1v) is 14.5. The summed E-state index contributed by atoms with van der Waals surface area (Å²) >= 11 is 7.22. The molecule has 1 aliphatic heterocycles. The molecule has 0 radical (unpaired) electrons. The second-order valence-electron chi connectivity index (χ2n) is 10.3. The number of nitrogens with one attached hydrogen (secondary N) is 1. The molecule has 2 N–H and O–H groups in total. The van der Waals surface area contributed by atoms with Crippen LogP contribution in [0.1, 0.15) is 46.5 Å². The number of fused-ring (bicyclic) bond motifs is 1. The van der Waals surface area contributed by atoms with E-state index in [9.17, 15) is 23.1 Å². The number of ether oxygens (including phenoxy) is 2. The van der Waals surface area contributed by atoms with Crippen LogP contribution in [0.5, 0.6) is 5.75 Å². The number of morpholine rings is 1. The first kappa shape index (κ1) is 30.2. The third kappa shape index (κ3) is 7.22. The molecule has 2 unspecified atom stereocenters. The van der Waals surface area contributed by atoms with Gasteiger partial charge < -0.3 is 14.6 Å². The molecule has 1 aromatic heterocycles. The van der Waals surface area contributed by atoms with Gasteiger partial charge >= 0.3 is 6.18 Å². The number of hydrogen-bond acceptors (Lipinski definition) is 7. The van der Waals surface area contributed by atoms with Gasteiger partial charge in [0, 0.05) is 35.8 Å². The summed E-state index contributed by atoms with van der Waals surface area (Å²) in [4.78, 5) is 19.8. The average molecular weight is 620 g/mol.